The molecule has 0 spiro atoms. The highest BCUT2D eigenvalue weighted by atomic mass is 35.5. The summed E-state index contributed by atoms with van der Waals surface area (Å²) in [6, 6.07) is 27.1. The van der Waals surface area contributed by atoms with E-state index in [9.17, 15) is 18.0 Å². The molecule has 1 atom stereocenters. The minimum Gasteiger partial charge on any atom is -0.354 e. The molecular weight excluding hydrogens is 653 g/mol. The largest absolute Gasteiger partial charge is 0.354 e. The van der Waals surface area contributed by atoms with Crippen LogP contribution in [0.2, 0.25) is 10.0 Å². The average molecular weight is 695 g/mol. The lowest BCUT2D eigenvalue weighted by Crippen LogP contribution is -2.53. The zero-order valence-corrected chi connectivity index (χ0v) is 29.4. The molecular formula is C37H41Cl2N3O4S. The van der Waals surface area contributed by atoms with Gasteiger partial charge < -0.3 is 10.2 Å². The van der Waals surface area contributed by atoms with Crippen LogP contribution < -0.4 is 9.62 Å². The van der Waals surface area contributed by atoms with E-state index in [0.29, 0.717) is 34.3 Å². The fourth-order valence-electron chi connectivity index (χ4n) is 5.15. The zero-order chi connectivity index (χ0) is 34.1. The second-order valence-electron chi connectivity index (χ2n) is 11.8. The van der Waals surface area contributed by atoms with E-state index in [4.69, 9.17) is 23.2 Å². The molecule has 1 N–H and O–H groups in total. The van der Waals surface area contributed by atoms with Gasteiger partial charge in [-0.25, -0.2) is 8.42 Å². The van der Waals surface area contributed by atoms with Crippen LogP contribution in [0.4, 0.5) is 5.69 Å². The Balaban J connectivity index is 1.82. The third-order valence-electron chi connectivity index (χ3n) is 7.91. The van der Waals surface area contributed by atoms with E-state index in [1.807, 2.05) is 56.3 Å². The van der Waals surface area contributed by atoms with Crippen LogP contribution in [0.5, 0.6) is 0 Å². The predicted molar refractivity (Wildman–Crippen MR) is 190 cm³/mol. The number of carbonyl (C=O) groups is 2. The minimum atomic E-state index is -4.20. The molecule has 0 radical (unpaired) electrons. The van der Waals surface area contributed by atoms with E-state index >= 15 is 0 Å². The van der Waals surface area contributed by atoms with Crippen molar-refractivity contribution in [2.24, 2.45) is 0 Å². The summed E-state index contributed by atoms with van der Waals surface area (Å²) in [6.45, 7) is 7.75. The Labute approximate surface area is 288 Å². The average Bonchev–Trinajstić information content (AvgIpc) is 3.05. The number of hydrogen-bond acceptors (Lipinski definition) is 4. The summed E-state index contributed by atoms with van der Waals surface area (Å²) in [5.74, 6) is -0.677. The molecule has 0 aliphatic carbocycles. The lowest BCUT2D eigenvalue weighted by Gasteiger charge is -2.34. The van der Waals surface area contributed by atoms with E-state index in [1.54, 1.807) is 42.5 Å². The van der Waals surface area contributed by atoms with Crippen LogP contribution >= 0.6 is 23.2 Å². The molecule has 0 aromatic heterocycles. The second-order valence-corrected chi connectivity index (χ2v) is 14.5. The van der Waals surface area contributed by atoms with Crippen molar-refractivity contribution in [3.05, 3.63) is 129 Å². The molecule has 0 aliphatic heterocycles. The van der Waals surface area contributed by atoms with Crippen LogP contribution in [0, 0.1) is 6.92 Å². The smallest absolute Gasteiger partial charge is 0.264 e. The molecule has 0 bridgehead atoms. The van der Waals surface area contributed by atoms with E-state index in [2.05, 4.69) is 19.2 Å². The molecule has 0 aliphatic rings. The lowest BCUT2D eigenvalue weighted by molar-refractivity contribution is -0.140. The fraction of sp³-hybridized carbons (Fsp3) is 0.297. The summed E-state index contributed by atoms with van der Waals surface area (Å²) in [4.78, 5) is 29.9. The van der Waals surface area contributed by atoms with Gasteiger partial charge in [0.25, 0.3) is 10.0 Å². The highest BCUT2D eigenvalue weighted by molar-refractivity contribution is 7.92. The van der Waals surface area contributed by atoms with E-state index < -0.39 is 28.5 Å². The van der Waals surface area contributed by atoms with Crippen molar-refractivity contribution in [1.82, 2.24) is 10.2 Å². The van der Waals surface area contributed by atoms with Crippen molar-refractivity contribution in [3.63, 3.8) is 0 Å². The number of nitrogens with one attached hydrogen (secondary N) is 1. The molecule has 1 unspecified atom stereocenters. The van der Waals surface area contributed by atoms with Gasteiger partial charge in [-0.05, 0) is 72.4 Å². The Kier molecular flexibility index (Phi) is 12.5. The molecule has 7 nitrogen and oxygen atoms in total. The summed E-state index contributed by atoms with van der Waals surface area (Å²) in [5.41, 5.74) is 3.68. The van der Waals surface area contributed by atoms with Crippen molar-refractivity contribution >= 4 is 50.7 Å². The molecule has 248 valence electrons. The first-order valence-corrected chi connectivity index (χ1v) is 17.8. The normalized spacial score (nSPS) is 12.1. The predicted octanol–water partition coefficient (Wildman–Crippen LogP) is 7.79. The molecule has 4 aromatic rings. The highest BCUT2D eigenvalue weighted by Gasteiger charge is 2.35. The van der Waals surface area contributed by atoms with Gasteiger partial charge >= 0.3 is 0 Å². The number of aryl methyl sites for hydroxylation is 1. The molecule has 2 amide bonds. The standard InChI is InChI=1S/C37H41Cl2N3O4S/c1-5-21-40-37(44)35(22-28-9-7-6-8-10-28)41(24-30-13-16-31(38)23-34(30)39)36(43)25-42(32-17-14-29(15-18-32)26(2)3)47(45,46)33-19-11-27(4)12-20-33/h6-20,23,26,35H,5,21-22,24-25H2,1-4H3,(H,40,44). The van der Waals surface area contributed by atoms with Crippen molar-refractivity contribution in [3.8, 4) is 0 Å². The van der Waals surface area contributed by atoms with E-state index in [-0.39, 0.29) is 29.7 Å². The topological polar surface area (TPSA) is 86.8 Å². The Morgan fingerprint density at radius 2 is 1.53 bits per heavy atom. The quantitative estimate of drug-likeness (QED) is 0.146. The number of amides is 2. The first-order valence-electron chi connectivity index (χ1n) is 15.6. The molecule has 0 fully saturated rings. The summed E-state index contributed by atoms with van der Waals surface area (Å²) < 4.78 is 29.6. The van der Waals surface area contributed by atoms with E-state index in [1.165, 1.54) is 17.0 Å². The number of sulfonamides is 1. The third-order valence-corrected chi connectivity index (χ3v) is 10.3. The minimum absolute atomic E-state index is 0.0451. The van der Waals surface area contributed by atoms with Gasteiger partial charge in [-0.3, -0.25) is 13.9 Å². The number of rotatable bonds is 14. The second kappa shape index (κ2) is 16.3. The molecule has 0 heterocycles. The van der Waals surface area contributed by atoms with Crippen molar-refractivity contribution in [2.45, 2.75) is 63.9 Å². The number of anilines is 1. The summed E-state index contributed by atoms with van der Waals surface area (Å²) in [7, 11) is -4.20. The SMILES string of the molecule is CCCNC(=O)C(Cc1ccccc1)N(Cc1ccc(Cl)cc1Cl)C(=O)CN(c1ccc(C(C)C)cc1)S(=O)(=O)c1ccc(C)cc1. The van der Waals surface area contributed by atoms with Crippen molar-refractivity contribution in [2.75, 3.05) is 17.4 Å². The first-order chi connectivity index (χ1) is 22.4. The van der Waals surface area contributed by atoms with Crippen molar-refractivity contribution < 1.29 is 18.0 Å². The highest BCUT2D eigenvalue weighted by Crippen LogP contribution is 2.28. The van der Waals surface area contributed by atoms with Gasteiger partial charge in [0.05, 0.1) is 10.6 Å². The summed E-state index contributed by atoms with van der Waals surface area (Å²) in [5, 5.41) is 3.70. The van der Waals surface area contributed by atoms with Gasteiger partial charge in [0.2, 0.25) is 11.8 Å². The molecule has 47 heavy (non-hydrogen) atoms. The molecule has 0 saturated heterocycles. The van der Waals surface area contributed by atoms with Crippen LogP contribution in [0.15, 0.2) is 102 Å². The number of benzene rings is 4. The van der Waals surface area contributed by atoms with Gasteiger partial charge in [0.15, 0.2) is 0 Å². The van der Waals surface area contributed by atoms with Crippen LogP contribution in [0.25, 0.3) is 0 Å². The Hall–Kier alpha value is -3.85. The first kappa shape index (κ1) is 36.0. The molecule has 10 heteroatoms. The monoisotopic (exact) mass is 693 g/mol. The molecule has 0 saturated carbocycles. The lowest BCUT2D eigenvalue weighted by atomic mass is 10.0. The van der Waals surface area contributed by atoms with Gasteiger partial charge in [0.1, 0.15) is 12.6 Å². The fourth-order valence-corrected chi connectivity index (χ4v) is 7.03. The van der Waals surface area contributed by atoms with Crippen LogP contribution in [-0.2, 0) is 32.6 Å². The number of hydrogen-bond donors (Lipinski definition) is 1. The maximum atomic E-state index is 14.6. The van der Waals surface area contributed by atoms with E-state index in [0.717, 1.165) is 21.0 Å². The summed E-state index contributed by atoms with van der Waals surface area (Å²) in [6.07, 6.45) is 0.914. The van der Waals surface area contributed by atoms with Gasteiger partial charge in [-0.15, -0.1) is 0 Å². The Morgan fingerprint density at radius 1 is 0.872 bits per heavy atom. The van der Waals surface area contributed by atoms with Gasteiger partial charge in [-0.2, -0.15) is 0 Å². The van der Waals surface area contributed by atoms with Gasteiger partial charge in [-0.1, -0.05) is 110 Å². The maximum Gasteiger partial charge on any atom is 0.264 e. The number of nitrogens with zero attached hydrogens (tertiary/aromatic N) is 2. The van der Waals surface area contributed by atoms with Crippen molar-refractivity contribution in [1.29, 1.82) is 0 Å². The van der Waals surface area contributed by atoms with Crippen LogP contribution in [-0.4, -0.2) is 44.3 Å². The van der Waals surface area contributed by atoms with Crippen LogP contribution in [0.1, 0.15) is 55.4 Å². The number of carbonyl (C=O) groups excluding carboxylic acids is 2. The Bertz CT molecular complexity index is 1760. The molecule has 4 rings (SSSR count). The van der Waals surface area contributed by atoms with Gasteiger partial charge in [0, 0.05) is 29.6 Å². The number of halogens is 2. The third kappa shape index (κ3) is 9.37. The van der Waals surface area contributed by atoms with Crippen LogP contribution in [0.3, 0.4) is 0 Å². The Morgan fingerprint density at radius 3 is 2.13 bits per heavy atom. The summed E-state index contributed by atoms with van der Waals surface area (Å²) >= 11 is 12.8. The molecule has 4 aromatic carbocycles. The maximum absolute atomic E-state index is 14.6. The zero-order valence-electron chi connectivity index (χ0n) is 27.1.